The van der Waals surface area contributed by atoms with Crippen LogP contribution in [0.15, 0.2) is 59.1 Å². The minimum absolute atomic E-state index is 0.0253. The van der Waals surface area contributed by atoms with Crippen LogP contribution in [0.2, 0.25) is 5.02 Å². The van der Waals surface area contributed by atoms with Crippen molar-refractivity contribution in [3.05, 3.63) is 86.6 Å². The molecule has 0 atom stereocenters. The lowest BCUT2D eigenvalue weighted by Crippen LogP contribution is -2.04. The third kappa shape index (κ3) is 5.23. The van der Waals surface area contributed by atoms with Gasteiger partial charge in [-0.25, -0.2) is 9.18 Å². The maximum atomic E-state index is 13.8. The molecule has 0 bridgehead atoms. The number of aromatic carboxylic acids is 1. The van der Waals surface area contributed by atoms with Gasteiger partial charge in [-0.1, -0.05) is 29.8 Å². The lowest BCUT2D eigenvalue weighted by Gasteiger charge is -2.15. The molecule has 0 spiro atoms. The fraction of sp³-hybridized carbons (Fsp3) is 0.136. The molecule has 0 aliphatic carbocycles. The van der Waals surface area contributed by atoms with Gasteiger partial charge in [-0.2, -0.15) is 0 Å². The first-order chi connectivity index (χ1) is 14.4. The Labute approximate surface area is 186 Å². The molecule has 0 radical (unpaired) electrons. The van der Waals surface area contributed by atoms with Gasteiger partial charge in [0.15, 0.2) is 11.5 Å². The largest absolute Gasteiger partial charge is 0.493 e. The highest BCUT2D eigenvalue weighted by Crippen LogP contribution is 2.37. The summed E-state index contributed by atoms with van der Waals surface area (Å²) in [7, 11) is 1.52. The van der Waals surface area contributed by atoms with Gasteiger partial charge in [-0.15, -0.1) is 0 Å². The van der Waals surface area contributed by atoms with E-state index in [0.717, 1.165) is 5.56 Å². The topological polar surface area (TPSA) is 67.8 Å². The Morgan fingerprint density at radius 3 is 2.67 bits per heavy atom. The first-order valence-corrected chi connectivity index (χ1v) is 10.1. The summed E-state index contributed by atoms with van der Waals surface area (Å²) in [5, 5.41) is 12.5. The van der Waals surface area contributed by atoms with E-state index in [0.29, 0.717) is 33.8 Å². The van der Waals surface area contributed by atoms with E-state index in [1.165, 1.54) is 25.3 Å². The summed E-state index contributed by atoms with van der Waals surface area (Å²) in [6.45, 7) is 0.464. The van der Waals surface area contributed by atoms with E-state index in [1.54, 1.807) is 30.3 Å². The van der Waals surface area contributed by atoms with E-state index >= 15 is 0 Å². The van der Waals surface area contributed by atoms with Gasteiger partial charge in [-0.05, 0) is 57.9 Å². The first kappa shape index (κ1) is 21.9. The van der Waals surface area contributed by atoms with E-state index in [9.17, 15) is 14.3 Å². The standard InChI is InChI=1S/C22H18BrClFNO4/c1-29-20-9-13(11-26-15-6-7-18(24)16(10-15)22(27)28)8-17(23)21(20)30-12-14-4-2-3-5-19(14)25/h2-10,26H,11-12H2,1H3,(H,27,28). The molecule has 3 aromatic rings. The summed E-state index contributed by atoms with van der Waals surface area (Å²) in [5.41, 5.74) is 1.95. The van der Waals surface area contributed by atoms with Crippen LogP contribution in [0.4, 0.5) is 10.1 Å². The van der Waals surface area contributed by atoms with Crippen LogP contribution in [0.5, 0.6) is 11.5 Å². The summed E-state index contributed by atoms with van der Waals surface area (Å²) in [4.78, 5) is 11.2. The molecule has 0 aromatic heterocycles. The minimum Gasteiger partial charge on any atom is -0.493 e. The fourth-order valence-electron chi connectivity index (χ4n) is 2.78. The Balaban J connectivity index is 1.74. The third-order valence-electron chi connectivity index (χ3n) is 4.31. The molecule has 0 saturated heterocycles. The molecule has 156 valence electrons. The van der Waals surface area contributed by atoms with Crippen molar-refractivity contribution in [3.63, 3.8) is 0 Å². The molecule has 0 aliphatic heterocycles. The van der Waals surface area contributed by atoms with Crippen molar-refractivity contribution in [1.29, 1.82) is 0 Å². The maximum Gasteiger partial charge on any atom is 0.337 e. The van der Waals surface area contributed by atoms with Gasteiger partial charge in [-0.3, -0.25) is 0 Å². The predicted molar refractivity (Wildman–Crippen MR) is 117 cm³/mol. The summed E-state index contributed by atoms with van der Waals surface area (Å²) in [6.07, 6.45) is 0. The quantitative estimate of drug-likeness (QED) is 0.394. The molecule has 0 unspecified atom stereocenters. The van der Waals surface area contributed by atoms with Gasteiger partial charge in [0.2, 0.25) is 0 Å². The first-order valence-electron chi connectivity index (χ1n) is 8.88. The van der Waals surface area contributed by atoms with Crippen LogP contribution in [0.25, 0.3) is 0 Å². The maximum absolute atomic E-state index is 13.8. The molecular formula is C22H18BrClFNO4. The lowest BCUT2D eigenvalue weighted by molar-refractivity contribution is 0.0697. The van der Waals surface area contributed by atoms with Crippen LogP contribution in [0.1, 0.15) is 21.5 Å². The van der Waals surface area contributed by atoms with Crippen molar-refractivity contribution < 1.29 is 23.8 Å². The molecule has 5 nitrogen and oxygen atoms in total. The monoisotopic (exact) mass is 493 g/mol. The molecule has 8 heteroatoms. The number of rotatable bonds is 8. The Morgan fingerprint density at radius 2 is 1.97 bits per heavy atom. The molecule has 0 fully saturated rings. The van der Waals surface area contributed by atoms with E-state index in [1.807, 2.05) is 6.07 Å². The van der Waals surface area contributed by atoms with E-state index in [2.05, 4.69) is 21.2 Å². The summed E-state index contributed by atoms with van der Waals surface area (Å²) < 4.78 is 25.7. The summed E-state index contributed by atoms with van der Waals surface area (Å²) >= 11 is 9.38. The molecular weight excluding hydrogens is 477 g/mol. The normalized spacial score (nSPS) is 10.5. The second kappa shape index (κ2) is 9.82. The highest BCUT2D eigenvalue weighted by Gasteiger charge is 2.14. The Kier molecular flexibility index (Phi) is 7.18. The molecule has 0 amide bonds. The number of ether oxygens (including phenoxy) is 2. The number of methoxy groups -OCH3 is 1. The number of carboxylic acid groups (broad SMARTS) is 1. The van der Waals surface area contributed by atoms with Crippen LogP contribution >= 0.6 is 27.5 Å². The zero-order valence-electron chi connectivity index (χ0n) is 15.9. The van der Waals surface area contributed by atoms with Gasteiger partial charge in [0.05, 0.1) is 22.2 Å². The zero-order chi connectivity index (χ0) is 21.7. The van der Waals surface area contributed by atoms with E-state index in [-0.39, 0.29) is 23.0 Å². The number of carboxylic acids is 1. The fourth-order valence-corrected chi connectivity index (χ4v) is 3.59. The molecule has 30 heavy (non-hydrogen) atoms. The third-order valence-corrected chi connectivity index (χ3v) is 5.23. The lowest BCUT2D eigenvalue weighted by atomic mass is 10.1. The Hall–Kier alpha value is -2.77. The Bertz CT molecular complexity index is 1080. The van der Waals surface area contributed by atoms with Crippen molar-refractivity contribution in [2.75, 3.05) is 12.4 Å². The molecule has 0 heterocycles. The Morgan fingerprint density at radius 1 is 1.20 bits per heavy atom. The van der Waals surface area contributed by atoms with E-state index < -0.39 is 5.97 Å². The SMILES string of the molecule is COc1cc(CNc2ccc(Cl)c(C(=O)O)c2)cc(Br)c1OCc1ccccc1F. The number of benzene rings is 3. The molecule has 3 rings (SSSR count). The number of hydrogen-bond donors (Lipinski definition) is 2. The van der Waals surface area contributed by atoms with Crippen LogP contribution in [-0.4, -0.2) is 18.2 Å². The van der Waals surface area contributed by atoms with Crippen molar-refractivity contribution in [2.24, 2.45) is 0 Å². The molecule has 0 saturated carbocycles. The molecule has 2 N–H and O–H groups in total. The van der Waals surface area contributed by atoms with Crippen molar-refractivity contribution in [3.8, 4) is 11.5 Å². The number of nitrogens with one attached hydrogen (secondary N) is 1. The van der Waals surface area contributed by atoms with Gasteiger partial charge in [0, 0.05) is 17.8 Å². The predicted octanol–water partition coefficient (Wildman–Crippen LogP) is 6.14. The van der Waals surface area contributed by atoms with E-state index in [4.69, 9.17) is 21.1 Å². The number of carbonyl (C=O) groups is 1. The van der Waals surface area contributed by atoms with Crippen LogP contribution in [0.3, 0.4) is 0 Å². The van der Waals surface area contributed by atoms with Crippen molar-refractivity contribution in [2.45, 2.75) is 13.2 Å². The number of halogens is 3. The average molecular weight is 495 g/mol. The highest BCUT2D eigenvalue weighted by molar-refractivity contribution is 9.10. The number of anilines is 1. The van der Waals surface area contributed by atoms with Crippen LogP contribution in [-0.2, 0) is 13.2 Å². The zero-order valence-corrected chi connectivity index (χ0v) is 18.3. The van der Waals surface area contributed by atoms with Crippen molar-refractivity contribution in [1.82, 2.24) is 0 Å². The van der Waals surface area contributed by atoms with Crippen molar-refractivity contribution >= 4 is 39.2 Å². The van der Waals surface area contributed by atoms with Gasteiger partial charge in [0.1, 0.15) is 12.4 Å². The average Bonchev–Trinajstić information content (AvgIpc) is 2.72. The second-order valence-corrected chi connectivity index (χ2v) is 7.60. The highest BCUT2D eigenvalue weighted by atomic mass is 79.9. The van der Waals surface area contributed by atoms with Gasteiger partial charge in [0.25, 0.3) is 0 Å². The van der Waals surface area contributed by atoms with Gasteiger partial charge >= 0.3 is 5.97 Å². The summed E-state index contributed by atoms with van der Waals surface area (Å²) in [6, 6.07) is 14.8. The van der Waals surface area contributed by atoms with Crippen LogP contribution < -0.4 is 14.8 Å². The smallest absolute Gasteiger partial charge is 0.337 e. The number of hydrogen-bond acceptors (Lipinski definition) is 4. The molecule has 3 aromatic carbocycles. The molecule has 0 aliphatic rings. The van der Waals surface area contributed by atoms with Crippen LogP contribution in [0, 0.1) is 5.82 Å². The second-order valence-electron chi connectivity index (χ2n) is 6.34. The summed E-state index contributed by atoms with van der Waals surface area (Å²) in [5.74, 6) is -0.481. The minimum atomic E-state index is -1.09. The van der Waals surface area contributed by atoms with Gasteiger partial charge < -0.3 is 19.9 Å².